The summed E-state index contributed by atoms with van der Waals surface area (Å²) >= 11 is 9.47. The van der Waals surface area contributed by atoms with Crippen LogP contribution in [0, 0.1) is 0 Å². The number of rotatable bonds is 15. The van der Waals surface area contributed by atoms with Crippen molar-refractivity contribution in [3.63, 3.8) is 0 Å². The Morgan fingerprint density at radius 1 is 0.500 bits per heavy atom. The average Bonchev–Trinajstić information content (AvgIpc) is 2.42. The molecule has 0 aromatic carbocycles. The third-order valence-electron chi connectivity index (χ3n) is 4.11. The van der Waals surface area contributed by atoms with Crippen LogP contribution in [0.2, 0.25) is 0 Å². The van der Waals surface area contributed by atoms with Crippen molar-refractivity contribution in [3.8, 4) is 0 Å². The molecule has 0 amide bonds. The molecular weight excluding hydrogens is 280 g/mol. The summed E-state index contributed by atoms with van der Waals surface area (Å²) in [4.78, 5) is 0. The van der Waals surface area contributed by atoms with Gasteiger partial charge >= 0.3 is 0 Å². The van der Waals surface area contributed by atoms with Gasteiger partial charge in [-0.05, 0) is 12.8 Å². The Bertz CT molecular complexity index is 190. The second-order valence-corrected chi connectivity index (χ2v) is 8.44. The number of hydrogen-bond donors (Lipinski definition) is 2. The summed E-state index contributed by atoms with van der Waals surface area (Å²) in [5.41, 5.74) is 0. The maximum absolute atomic E-state index is 4.73. The molecule has 0 aromatic rings. The predicted molar refractivity (Wildman–Crippen MR) is 101 cm³/mol. The highest BCUT2D eigenvalue weighted by atomic mass is 32.2. The molecule has 0 nitrogen and oxygen atoms in total. The highest BCUT2D eigenvalue weighted by Gasteiger charge is 2.18. The predicted octanol–water partition coefficient (Wildman–Crippen LogP) is 7.43. The van der Waals surface area contributed by atoms with E-state index in [0.717, 1.165) is 6.42 Å². The molecule has 0 atom stereocenters. The van der Waals surface area contributed by atoms with Crippen molar-refractivity contribution < 1.29 is 0 Å². The molecule has 20 heavy (non-hydrogen) atoms. The van der Waals surface area contributed by atoms with Gasteiger partial charge in [-0.2, -0.15) is 25.3 Å². The molecule has 0 N–H and O–H groups in total. The van der Waals surface area contributed by atoms with Gasteiger partial charge in [0.25, 0.3) is 0 Å². The molecule has 0 rings (SSSR count). The van der Waals surface area contributed by atoms with Gasteiger partial charge in [0.15, 0.2) is 0 Å². The number of unbranched alkanes of at least 4 members (excludes halogenated alkanes) is 11. The van der Waals surface area contributed by atoms with Crippen LogP contribution >= 0.6 is 25.3 Å². The molecule has 0 fully saturated rings. The molecule has 0 unspecified atom stereocenters. The van der Waals surface area contributed by atoms with Crippen LogP contribution in [0.25, 0.3) is 0 Å². The molecular formula is C18H38S2. The Morgan fingerprint density at radius 2 is 0.800 bits per heavy atom. The molecule has 0 aliphatic heterocycles. The lowest BCUT2D eigenvalue weighted by Crippen LogP contribution is -2.12. The molecule has 0 aromatic heterocycles. The summed E-state index contributed by atoms with van der Waals surface area (Å²) in [7, 11) is 0. The Balaban J connectivity index is 3.30. The molecule has 0 saturated carbocycles. The van der Waals surface area contributed by atoms with E-state index in [1.165, 1.54) is 89.9 Å². The molecule has 0 spiro atoms. The topological polar surface area (TPSA) is 0 Å². The van der Waals surface area contributed by atoms with Gasteiger partial charge in [0.2, 0.25) is 0 Å². The summed E-state index contributed by atoms with van der Waals surface area (Å²) in [5, 5.41) is 0. The minimum atomic E-state index is -0.0190. The van der Waals surface area contributed by atoms with Crippen LogP contribution in [0.4, 0.5) is 0 Å². The van der Waals surface area contributed by atoms with Crippen LogP contribution in [0.3, 0.4) is 0 Å². The van der Waals surface area contributed by atoms with Gasteiger partial charge in [-0.25, -0.2) is 0 Å². The highest BCUT2D eigenvalue weighted by Crippen LogP contribution is 2.32. The van der Waals surface area contributed by atoms with Crippen molar-refractivity contribution in [1.82, 2.24) is 0 Å². The lowest BCUT2D eigenvalue weighted by molar-refractivity contribution is 0.526. The Hall–Kier alpha value is 0.700. The van der Waals surface area contributed by atoms with Crippen LogP contribution < -0.4 is 0 Å². The van der Waals surface area contributed by atoms with E-state index in [2.05, 4.69) is 13.8 Å². The second-order valence-electron chi connectivity index (χ2n) is 6.37. The molecule has 0 aliphatic rings. The van der Waals surface area contributed by atoms with E-state index in [-0.39, 0.29) is 4.08 Å². The molecule has 0 saturated heterocycles. The zero-order valence-corrected chi connectivity index (χ0v) is 15.8. The summed E-state index contributed by atoms with van der Waals surface area (Å²) in [6.45, 7) is 4.54. The minimum absolute atomic E-state index is 0.0190. The largest absolute Gasteiger partial charge is 0.162 e. The Morgan fingerprint density at radius 3 is 1.20 bits per heavy atom. The van der Waals surface area contributed by atoms with Crippen LogP contribution in [0.15, 0.2) is 0 Å². The van der Waals surface area contributed by atoms with Gasteiger partial charge in [0.1, 0.15) is 0 Å². The van der Waals surface area contributed by atoms with Crippen molar-refractivity contribution in [2.24, 2.45) is 0 Å². The summed E-state index contributed by atoms with van der Waals surface area (Å²) in [6, 6.07) is 0. The molecule has 0 aliphatic carbocycles. The zero-order valence-electron chi connectivity index (χ0n) is 14.0. The quantitative estimate of drug-likeness (QED) is 0.175. The van der Waals surface area contributed by atoms with E-state index in [9.17, 15) is 0 Å². The van der Waals surface area contributed by atoms with E-state index in [0.29, 0.717) is 0 Å². The zero-order chi connectivity index (χ0) is 15.1. The molecule has 0 bridgehead atoms. The van der Waals surface area contributed by atoms with Gasteiger partial charge in [0, 0.05) is 0 Å². The van der Waals surface area contributed by atoms with Crippen LogP contribution in [-0.2, 0) is 0 Å². The fourth-order valence-corrected chi connectivity index (χ4v) is 3.31. The highest BCUT2D eigenvalue weighted by molar-refractivity contribution is 8.00. The maximum Gasteiger partial charge on any atom is 0.0552 e. The fourth-order valence-electron chi connectivity index (χ4n) is 2.68. The summed E-state index contributed by atoms with van der Waals surface area (Å²) < 4.78 is -0.0190. The van der Waals surface area contributed by atoms with Crippen LogP contribution in [-0.4, -0.2) is 4.08 Å². The SMILES string of the molecule is CCCCCCCCCCCC(S)(S)CCCCCC. The van der Waals surface area contributed by atoms with Crippen molar-refractivity contribution in [2.45, 2.75) is 114 Å². The van der Waals surface area contributed by atoms with E-state index >= 15 is 0 Å². The maximum atomic E-state index is 4.73. The monoisotopic (exact) mass is 318 g/mol. The van der Waals surface area contributed by atoms with Crippen molar-refractivity contribution in [2.75, 3.05) is 0 Å². The van der Waals surface area contributed by atoms with Crippen molar-refractivity contribution >= 4 is 25.3 Å². The van der Waals surface area contributed by atoms with E-state index < -0.39 is 0 Å². The first-order valence-corrected chi connectivity index (χ1v) is 9.96. The van der Waals surface area contributed by atoms with E-state index in [1.807, 2.05) is 0 Å². The summed E-state index contributed by atoms with van der Waals surface area (Å²) in [5.74, 6) is 0. The van der Waals surface area contributed by atoms with Gasteiger partial charge in [-0.3, -0.25) is 0 Å². The third kappa shape index (κ3) is 15.1. The fraction of sp³-hybridized carbons (Fsp3) is 1.00. The molecule has 0 heterocycles. The van der Waals surface area contributed by atoms with Crippen molar-refractivity contribution in [3.05, 3.63) is 0 Å². The summed E-state index contributed by atoms with van der Waals surface area (Å²) in [6.07, 6.45) is 20.2. The second kappa shape index (κ2) is 14.6. The van der Waals surface area contributed by atoms with Gasteiger partial charge in [-0.15, -0.1) is 0 Å². The average molecular weight is 319 g/mol. The van der Waals surface area contributed by atoms with E-state index in [1.54, 1.807) is 0 Å². The molecule has 122 valence electrons. The Labute approximate surface area is 139 Å². The minimum Gasteiger partial charge on any atom is -0.162 e. The van der Waals surface area contributed by atoms with Crippen LogP contribution in [0.1, 0.15) is 110 Å². The van der Waals surface area contributed by atoms with Gasteiger partial charge < -0.3 is 0 Å². The molecule has 2 heteroatoms. The first kappa shape index (κ1) is 20.7. The van der Waals surface area contributed by atoms with Gasteiger partial charge in [-0.1, -0.05) is 97.3 Å². The third-order valence-corrected chi connectivity index (χ3v) is 5.01. The van der Waals surface area contributed by atoms with Crippen molar-refractivity contribution in [1.29, 1.82) is 0 Å². The van der Waals surface area contributed by atoms with E-state index in [4.69, 9.17) is 25.3 Å². The lowest BCUT2D eigenvalue weighted by Gasteiger charge is -2.22. The van der Waals surface area contributed by atoms with Gasteiger partial charge in [0.05, 0.1) is 4.08 Å². The first-order chi connectivity index (χ1) is 9.62. The van der Waals surface area contributed by atoms with Crippen LogP contribution in [0.5, 0.6) is 0 Å². The number of hydrogen-bond acceptors (Lipinski definition) is 2. The first-order valence-electron chi connectivity index (χ1n) is 9.07. The normalized spacial score (nSPS) is 12.0. The number of thiol groups is 2. The standard InChI is InChI=1S/C18H38S2/c1-3-5-7-9-10-11-12-13-15-17-18(19,20)16-14-8-6-4-2/h19-20H,3-17H2,1-2H3. The molecule has 0 radical (unpaired) electrons. The lowest BCUT2D eigenvalue weighted by atomic mass is 10.0. The smallest absolute Gasteiger partial charge is 0.0552 e. The Kier molecular flexibility index (Phi) is 15.1.